The molecular formula is C20H17FN6O2. The Balaban J connectivity index is 1.55. The Kier molecular flexibility index (Phi) is 5.16. The highest BCUT2D eigenvalue weighted by Gasteiger charge is 2.29. The smallest absolute Gasteiger partial charge is 0.259 e. The van der Waals surface area contributed by atoms with Crippen LogP contribution in [0.4, 0.5) is 4.39 Å². The van der Waals surface area contributed by atoms with Crippen LogP contribution in [0, 0.1) is 17.1 Å². The molecule has 0 bridgehead atoms. The van der Waals surface area contributed by atoms with E-state index in [1.165, 1.54) is 35.5 Å². The van der Waals surface area contributed by atoms with Crippen molar-refractivity contribution < 1.29 is 13.9 Å². The molecule has 1 aromatic carbocycles. The number of nitriles is 1. The maximum Gasteiger partial charge on any atom is 0.259 e. The standard InChI is InChI=1S/C20H17FN6O2/c21-16-4-1-5-17(27-24-8-9-25-27)19(16)20(28)26-10-2-3-15(13-26)29-18-11-14(12-22)6-7-23-18/h1,4-9,11,15H,2-3,10,13H2/t15-/m1/s1. The van der Waals surface area contributed by atoms with Gasteiger partial charge in [-0.25, -0.2) is 9.37 Å². The van der Waals surface area contributed by atoms with Crippen LogP contribution in [-0.4, -0.2) is 50.0 Å². The summed E-state index contributed by atoms with van der Waals surface area (Å²) in [7, 11) is 0. The van der Waals surface area contributed by atoms with E-state index in [-0.39, 0.29) is 23.9 Å². The van der Waals surface area contributed by atoms with Crippen molar-refractivity contribution in [3.63, 3.8) is 0 Å². The van der Waals surface area contributed by atoms with Gasteiger partial charge in [-0.1, -0.05) is 6.07 Å². The van der Waals surface area contributed by atoms with Gasteiger partial charge in [-0.05, 0) is 31.0 Å². The summed E-state index contributed by atoms with van der Waals surface area (Å²) in [6.07, 6.45) is 5.57. The fourth-order valence-corrected chi connectivity index (χ4v) is 3.32. The SMILES string of the molecule is N#Cc1ccnc(O[C@@H]2CCCN(C(=O)c3c(F)cccc3-n3nccn3)C2)c1. The van der Waals surface area contributed by atoms with Crippen LogP contribution in [0.25, 0.3) is 5.69 Å². The zero-order valence-electron chi connectivity index (χ0n) is 15.4. The van der Waals surface area contributed by atoms with Gasteiger partial charge < -0.3 is 9.64 Å². The number of hydrogen-bond acceptors (Lipinski definition) is 6. The van der Waals surface area contributed by atoms with E-state index >= 15 is 0 Å². The first kappa shape index (κ1) is 18.6. The van der Waals surface area contributed by atoms with Crippen molar-refractivity contribution in [2.75, 3.05) is 13.1 Å². The molecule has 1 saturated heterocycles. The fraction of sp³-hybridized carbons (Fsp3) is 0.250. The Morgan fingerprint density at radius 1 is 1.24 bits per heavy atom. The molecule has 0 N–H and O–H groups in total. The van der Waals surface area contributed by atoms with Gasteiger partial charge in [0.25, 0.3) is 5.91 Å². The Hall–Kier alpha value is -3.80. The summed E-state index contributed by atoms with van der Waals surface area (Å²) in [6.45, 7) is 0.780. The quantitative estimate of drug-likeness (QED) is 0.676. The van der Waals surface area contributed by atoms with Crippen molar-refractivity contribution in [1.29, 1.82) is 5.26 Å². The zero-order chi connectivity index (χ0) is 20.2. The molecule has 3 heterocycles. The second-order valence-corrected chi connectivity index (χ2v) is 6.58. The molecule has 8 nitrogen and oxygen atoms in total. The number of likely N-dealkylation sites (tertiary alicyclic amines) is 1. The highest BCUT2D eigenvalue weighted by molar-refractivity contribution is 5.98. The van der Waals surface area contributed by atoms with Crippen LogP contribution in [0.1, 0.15) is 28.8 Å². The molecule has 1 aliphatic rings. The van der Waals surface area contributed by atoms with Gasteiger partial charge in [0.05, 0.1) is 30.6 Å². The van der Waals surface area contributed by atoms with E-state index in [9.17, 15) is 9.18 Å². The summed E-state index contributed by atoms with van der Waals surface area (Å²) in [5.74, 6) is -0.741. The molecule has 1 fully saturated rings. The lowest BCUT2D eigenvalue weighted by Crippen LogP contribution is -2.45. The monoisotopic (exact) mass is 392 g/mol. The van der Waals surface area contributed by atoms with E-state index in [0.717, 1.165) is 6.42 Å². The zero-order valence-corrected chi connectivity index (χ0v) is 15.4. The van der Waals surface area contributed by atoms with Crippen molar-refractivity contribution in [3.05, 3.63) is 65.9 Å². The first-order valence-electron chi connectivity index (χ1n) is 9.13. The van der Waals surface area contributed by atoms with E-state index in [1.807, 2.05) is 6.07 Å². The van der Waals surface area contributed by atoms with Gasteiger partial charge in [0.2, 0.25) is 5.88 Å². The van der Waals surface area contributed by atoms with Gasteiger partial charge in [0, 0.05) is 18.8 Å². The molecular weight excluding hydrogens is 375 g/mol. The number of piperidine rings is 1. The third-order valence-electron chi connectivity index (χ3n) is 4.66. The number of halogens is 1. The van der Waals surface area contributed by atoms with Crippen LogP contribution < -0.4 is 4.74 Å². The molecule has 9 heteroatoms. The maximum atomic E-state index is 14.6. The van der Waals surface area contributed by atoms with Gasteiger partial charge in [0.1, 0.15) is 23.2 Å². The topological polar surface area (TPSA) is 96.9 Å². The lowest BCUT2D eigenvalue weighted by molar-refractivity contribution is 0.0523. The summed E-state index contributed by atoms with van der Waals surface area (Å²) in [5.41, 5.74) is 0.654. The van der Waals surface area contributed by atoms with E-state index in [0.29, 0.717) is 24.4 Å². The van der Waals surface area contributed by atoms with Crippen LogP contribution in [0.3, 0.4) is 0 Å². The molecule has 1 amide bonds. The molecule has 29 heavy (non-hydrogen) atoms. The predicted octanol–water partition coefficient (Wildman–Crippen LogP) is 2.36. The minimum absolute atomic E-state index is 0.0750. The lowest BCUT2D eigenvalue weighted by Gasteiger charge is -2.33. The number of hydrogen-bond donors (Lipinski definition) is 0. The second-order valence-electron chi connectivity index (χ2n) is 6.58. The number of pyridine rings is 1. The third kappa shape index (κ3) is 3.91. The predicted molar refractivity (Wildman–Crippen MR) is 99.8 cm³/mol. The summed E-state index contributed by atoms with van der Waals surface area (Å²) >= 11 is 0. The minimum atomic E-state index is -0.628. The largest absolute Gasteiger partial charge is 0.472 e. The normalized spacial score (nSPS) is 16.3. The van der Waals surface area contributed by atoms with E-state index in [1.54, 1.807) is 23.1 Å². The summed E-state index contributed by atoms with van der Waals surface area (Å²) in [5, 5.41) is 17.0. The highest BCUT2D eigenvalue weighted by Crippen LogP contribution is 2.23. The van der Waals surface area contributed by atoms with E-state index < -0.39 is 11.7 Å². The summed E-state index contributed by atoms with van der Waals surface area (Å²) in [4.78, 5) is 20.0. The summed E-state index contributed by atoms with van der Waals surface area (Å²) < 4.78 is 20.5. The van der Waals surface area contributed by atoms with Crippen LogP contribution in [0.5, 0.6) is 5.88 Å². The van der Waals surface area contributed by atoms with Crippen LogP contribution in [0.2, 0.25) is 0 Å². The maximum absolute atomic E-state index is 14.6. The second kappa shape index (κ2) is 8.06. The Morgan fingerprint density at radius 3 is 2.86 bits per heavy atom. The number of rotatable bonds is 4. The average molecular weight is 392 g/mol. The van der Waals surface area contributed by atoms with Crippen molar-refractivity contribution in [3.8, 4) is 17.6 Å². The number of aromatic nitrogens is 4. The molecule has 0 spiro atoms. The molecule has 0 radical (unpaired) electrons. The van der Waals surface area contributed by atoms with Gasteiger partial charge in [0.15, 0.2) is 0 Å². The number of carbonyl (C=O) groups excluding carboxylic acids is 1. The average Bonchev–Trinajstić information content (AvgIpc) is 3.28. The van der Waals surface area contributed by atoms with E-state index in [4.69, 9.17) is 10.00 Å². The van der Waals surface area contributed by atoms with Crippen LogP contribution >= 0.6 is 0 Å². The fourth-order valence-electron chi connectivity index (χ4n) is 3.32. The van der Waals surface area contributed by atoms with Crippen molar-refractivity contribution in [2.45, 2.75) is 18.9 Å². The van der Waals surface area contributed by atoms with Gasteiger partial charge >= 0.3 is 0 Å². The van der Waals surface area contributed by atoms with Gasteiger partial charge in [-0.3, -0.25) is 4.79 Å². The number of amides is 1. The van der Waals surface area contributed by atoms with Crippen LogP contribution in [0.15, 0.2) is 48.9 Å². The van der Waals surface area contributed by atoms with Crippen molar-refractivity contribution >= 4 is 5.91 Å². The Morgan fingerprint density at radius 2 is 2.07 bits per heavy atom. The molecule has 3 aromatic rings. The molecule has 2 aromatic heterocycles. The highest BCUT2D eigenvalue weighted by atomic mass is 19.1. The Bertz CT molecular complexity index is 1060. The molecule has 146 valence electrons. The molecule has 0 unspecified atom stereocenters. The first-order chi connectivity index (χ1) is 14.2. The minimum Gasteiger partial charge on any atom is -0.472 e. The molecule has 1 atom stereocenters. The molecule has 4 rings (SSSR count). The third-order valence-corrected chi connectivity index (χ3v) is 4.66. The summed E-state index contributed by atoms with van der Waals surface area (Å²) in [6, 6.07) is 9.55. The lowest BCUT2D eigenvalue weighted by atomic mass is 10.1. The molecule has 1 aliphatic heterocycles. The van der Waals surface area contributed by atoms with Crippen molar-refractivity contribution in [1.82, 2.24) is 24.9 Å². The number of carbonyl (C=O) groups is 1. The number of ether oxygens (including phenoxy) is 1. The molecule has 0 aliphatic carbocycles. The van der Waals surface area contributed by atoms with Gasteiger partial charge in [-0.15, -0.1) is 0 Å². The van der Waals surface area contributed by atoms with Crippen LogP contribution in [-0.2, 0) is 0 Å². The number of benzene rings is 1. The number of nitrogens with zero attached hydrogens (tertiary/aromatic N) is 6. The molecule has 0 saturated carbocycles. The first-order valence-corrected chi connectivity index (χ1v) is 9.13. The van der Waals surface area contributed by atoms with Crippen molar-refractivity contribution in [2.24, 2.45) is 0 Å². The Labute approximate surface area is 166 Å². The van der Waals surface area contributed by atoms with Gasteiger partial charge in [-0.2, -0.15) is 20.3 Å². The van der Waals surface area contributed by atoms with E-state index in [2.05, 4.69) is 15.2 Å².